The van der Waals surface area contributed by atoms with E-state index in [0.29, 0.717) is 41.5 Å². The van der Waals surface area contributed by atoms with Crippen molar-refractivity contribution in [3.05, 3.63) is 23.2 Å². The van der Waals surface area contributed by atoms with Crippen LogP contribution < -0.4 is 10.2 Å². The molecule has 0 saturated carbocycles. The standard InChI is InChI=1S/C20H29ClN4O2/c1-14(2)24(3)10-8-22-19(26)11-15-5-4-9-25(13-15)20-23-17-7-6-16(21)12-18(17)27-20/h6-7,12,14-15H,4-5,8-11,13H2,1-3H3,(H,22,26). The Hall–Kier alpha value is -1.79. The average Bonchev–Trinajstić information content (AvgIpc) is 3.05. The molecular weight excluding hydrogens is 364 g/mol. The first-order valence-corrected chi connectivity index (χ1v) is 10.1. The molecule has 0 bridgehead atoms. The largest absolute Gasteiger partial charge is 0.423 e. The third-order valence-electron chi connectivity index (χ3n) is 5.27. The number of oxazole rings is 1. The summed E-state index contributed by atoms with van der Waals surface area (Å²) in [6.45, 7) is 7.55. The molecule has 7 heteroatoms. The van der Waals surface area contributed by atoms with Gasteiger partial charge in [0.2, 0.25) is 5.91 Å². The molecule has 1 saturated heterocycles. The predicted octanol–water partition coefficient (Wildman–Crippen LogP) is 3.54. The summed E-state index contributed by atoms with van der Waals surface area (Å²) >= 11 is 6.02. The van der Waals surface area contributed by atoms with Gasteiger partial charge in [-0.3, -0.25) is 4.79 Å². The first-order valence-electron chi connectivity index (χ1n) is 9.70. The van der Waals surface area contributed by atoms with Gasteiger partial charge in [0.1, 0.15) is 5.52 Å². The van der Waals surface area contributed by atoms with Crippen LogP contribution in [0.15, 0.2) is 22.6 Å². The minimum Gasteiger partial charge on any atom is -0.423 e. The molecule has 6 nitrogen and oxygen atoms in total. The Kier molecular flexibility index (Phi) is 6.60. The van der Waals surface area contributed by atoms with Crippen LogP contribution in [0.5, 0.6) is 0 Å². The molecule has 0 radical (unpaired) electrons. The van der Waals surface area contributed by atoms with Gasteiger partial charge in [0, 0.05) is 49.7 Å². The molecule has 2 heterocycles. The molecule has 0 spiro atoms. The Morgan fingerprint density at radius 1 is 1.48 bits per heavy atom. The molecule has 1 fully saturated rings. The molecular formula is C20H29ClN4O2. The SMILES string of the molecule is CC(C)N(C)CCNC(=O)CC1CCCN(c2nc3ccc(Cl)cc3o2)C1. The number of carbonyl (C=O) groups excluding carboxylic acids is 1. The Balaban J connectivity index is 1.52. The van der Waals surface area contributed by atoms with Gasteiger partial charge in [-0.05, 0) is 51.8 Å². The number of rotatable bonds is 7. The third kappa shape index (κ3) is 5.36. The Morgan fingerprint density at radius 2 is 2.30 bits per heavy atom. The number of likely N-dealkylation sites (N-methyl/N-ethyl adjacent to an activating group) is 1. The molecule has 1 unspecified atom stereocenters. The van der Waals surface area contributed by atoms with E-state index >= 15 is 0 Å². The van der Waals surface area contributed by atoms with E-state index < -0.39 is 0 Å². The van der Waals surface area contributed by atoms with E-state index in [1.54, 1.807) is 6.07 Å². The molecule has 1 N–H and O–H groups in total. The first-order chi connectivity index (χ1) is 12.9. The highest BCUT2D eigenvalue weighted by Gasteiger charge is 2.25. The van der Waals surface area contributed by atoms with Crippen LogP contribution in [-0.2, 0) is 4.79 Å². The lowest BCUT2D eigenvalue weighted by molar-refractivity contribution is -0.122. The normalized spacial score (nSPS) is 17.9. The van der Waals surface area contributed by atoms with Gasteiger partial charge in [-0.25, -0.2) is 0 Å². The molecule has 1 amide bonds. The van der Waals surface area contributed by atoms with Crippen LogP contribution in [-0.4, -0.2) is 55.1 Å². The van der Waals surface area contributed by atoms with E-state index in [1.165, 1.54) is 0 Å². The van der Waals surface area contributed by atoms with E-state index in [-0.39, 0.29) is 5.91 Å². The lowest BCUT2D eigenvalue weighted by Gasteiger charge is -2.31. The molecule has 1 aliphatic rings. The zero-order valence-corrected chi connectivity index (χ0v) is 17.1. The summed E-state index contributed by atoms with van der Waals surface area (Å²) in [7, 11) is 2.07. The average molecular weight is 393 g/mol. The molecule has 1 aromatic heterocycles. The number of fused-ring (bicyclic) bond motifs is 1. The number of piperidine rings is 1. The van der Waals surface area contributed by atoms with Gasteiger partial charge in [0.05, 0.1) is 0 Å². The fourth-order valence-corrected chi connectivity index (χ4v) is 3.55. The fraction of sp³-hybridized carbons (Fsp3) is 0.600. The molecule has 0 aliphatic carbocycles. The monoisotopic (exact) mass is 392 g/mol. The fourth-order valence-electron chi connectivity index (χ4n) is 3.39. The number of anilines is 1. The van der Waals surface area contributed by atoms with E-state index in [9.17, 15) is 4.79 Å². The number of carbonyl (C=O) groups is 1. The zero-order valence-electron chi connectivity index (χ0n) is 16.4. The molecule has 2 aromatic rings. The summed E-state index contributed by atoms with van der Waals surface area (Å²) in [4.78, 5) is 21.2. The summed E-state index contributed by atoms with van der Waals surface area (Å²) in [6, 6.07) is 6.58. The second kappa shape index (κ2) is 8.93. The van der Waals surface area contributed by atoms with Crippen molar-refractivity contribution < 1.29 is 9.21 Å². The van der Waals surface area contributed by atoms with Crippen LogP contribution >= 0.6 is 11.6 Å². The van der Waals surface area contributed by atoms with Crippen molar-refractivity contribution in [2.24, 2.45) is 5.92 Å². The van der Waals surface area contributed by atoms with Crippen LogP contribution in [0.3, 0.4) is 0 Å². The summed E-state index contributed by atoms with van der Waals surface area (Å²) in [5.74, 6) is 0.448. The molecule has 3 rings (SSSR count). The second-order valence-electron chi connectivity index (χ2n) is 7.69. The maximum Gasteiger partial charge on any atom is 0.298 e. The summed E-state index contributed by atoms with van der Waals surface area (Å²) < 4.78 is 5.88. The lowest BCUT2D eigenvalue weighted by Crippen LogP contribution is -2.40. The van der Waals surface area contributed by atoms with Crippen LogP contribution in [0.1, 0.15) is 33.1 Å². The van der Waals surface area contributed by atoms with Gasteiger partial charge in [0.25, 0.3) is 6.01 Å². The molecule has 1 atom stereocenters. The number of nitrogens with one attached hydrogen (secondary N) is 1. The molecule has 148 valence electrons. The van der Waals surface area contributed by atoms with Crippen molar-refractivity contribution in [1.29, 1.82) is 0 Å². The van der Waals surface area contributed by atoms with Crippen LogP contribution in [0.25, 0.3) is 11.1 Å². The second-order valence-corrected chi connectivity index (χ2v) is 8.13. The van der Waals surface area contributed by atoms with Crippen LogP contribution in [0, 0.1) is 5.92 Å². The van der Waals surface area contributed by atoms with Crippen molar-refractivity contribution in [2.45, 2.75) is 39.2 Å². The smallest absolute Gasteiger partial charge is 0.298 e. The summed E-state index contributed by atoms with van der Waals surface area (Å²) in [5.41, 5.74) is 1.51. The highest BCUT2D eigenvalue weighted by atomic mass is 35.5. The lowest BCUT2D eigenvalue weighted by atomic mass is 9.94. The minimum atomic E-state index is 0.128. The van der Waals surface area contributed by atoms with E-state index in [4.69, 9.17) is 16.0 Å². The Bertz CT molecular complexity index is 776. The highest BCUT2D eigenvalue weighted by Crippen LogP contribution is 2.28. The van der Waals surface area contributed by atoms with E-state index in [2.05, 4.69) is 41.0 Å². The quantitative estimate of drug-likeness (QED) is 0.780. The van der Waals surface area contributed by atoms with E-state index in [1.807, 2.05) is 12.1 Å². The van der Waals surface area contributed by atoms with Gasteiger partial charge >= 0.3 is 0 Å². The van der Waals surface area contributed by atoms with Gasteiger partial charge in [-0.1, -0.05) is 11.6 Å². The van der Waals surface area contributed by atoms with Crippen molar-refractivity contribution in [3.63, 3.8) is 0 Å². The Labute approximate surface area is 165 Å². The third-order valence-corrected chi connectivity index (χ3v) is 5.51. The maximum atomic E-state index is 12.3. The van der Waals surface area contributed by atoms with Crippen molar-refractivity contribution >= 4 is 34.6 Å². The summed E-state index contributed by atoms with van der Waals surface area (Å²) in [5, 5.41) is 3.69. The van der Waals surface area contributed by atoms with Gasteiger partial charge in [-0.2, -0.15) is 4.98 Å². The number of aromatic nitrogens is 1. The summed E-state index contributed by atoms with van der Waals surface area (Å²) in [6.07, 6.45) is 2.64. The predicted molar refractivity (Wildman–Crippen MR) is 109 cm³/mol. The number of hydrogen-bond donors (Lipinski definition) is 1. The number of nitrogens with zero attached hydrogens (tertiary/aromatic N) is 3. The molecule has 1 aliphatic heterocycles. The zero-order chi connectivity index (χ0) is 19.4. The first kappa shape index (κ1) is 20.0. The van der Waals surface area contributed by atoms with Crippen LogP contribution in [0.4, 0.5) is 6.01 Å². The molecule has 27 heavy (non-hydrogen) atoms. The highest BCUT2D eigenvalue weighted by molar-refractivity contribution is 6.31. The van der Waals surface area contributed by atoms with Crippen molar-refractivity contribution in [3.8, 4) is 0 Å². The minimum absolute atomic E-state index is 0.128. The van der Waals surface area contributed by atoms with Crippen molar-refractivity contribution in [2.75, 3.05) is 38.1 Å². The number of amides is 1. The maximum absolute atomic E-state index is 12.3. The van der Waals surface area contributed by atoms with Gasteiger partial charge < -0.3 is 19.5 Å². The number of hydrogen-bond acceptors (Lipinski definition) is 5. The number of halogens is 1. The Morgan fingerprint density at radius 3 is 3.07 bits per heavy atom. The van der Waals surface area contributed by atoms with Crippen LogP contribution in [0.2, 0.25) is 5.02 Å². The van der Waals surface area contributed by atoms with E-state index in [0.717, 1.165) is 38.0 Å². The number of benzene rings is 1. The van der Waals surface area contributed by atoms with Gasteiger partial charge in [-0.15, -0.1) is 0 Å². The topological polar surface area (TPSA) is 61.6 Å². The van der Waals surface area contributed by atoms with Gasteiger partial charge in [0.15, 0.2) is 5.58 Å². The molecule has 1 aromatic carbocycles. The van der Waals surface area contributed by atoms with Crippen molar-refractivity contribution in [1.82, 2.24) is 15.2 Å².